The lowest BCUT2D eigenvalue weighted by molar-refractivity contribution is -0.387. The molecular formula is C11H15NO3S. The molecule has 1 N–H and O–H groups in total. The van der Waals surface area contributed by atoms with E-state index in [0.717, 1.165) is 0 Å². The SMILES string of the molecule is CCC(C)(O)CSc1ccccc1[N+](=O)[O-]. The fraction of sp³-hybridized carbons (Fsp3) is 0.455. The van der Waals surface area contributed by atoms with Crippen LogP contribution in [0.2, 0.25) is 0 Å². The number of benzene rings is 1. The largest absolute Gasteiger partial charge is 0.389 e. The second kappa shape index (κ2) is 5.32. The zero-order chi connectivity index (χ0) is 12.2. The Morgan fingerprint density at radius 3 is 2.69 bits per heavy atom. The first kappa shape index (κ1) is 13.0. The summed E-state index contributed by atoms with van der Waals surface area (Å²) in [7, 11) is 0. The van der Waals surface area contributed by atoms with Gasteiger partial charge in [-0.1, -0.05) is 19.1 Å². The van der Waals surface area contributed by atoms with Crippen molar-refractivity contribution in [3.05, 3.63) is 34.4 Å². The maximum absolute atomic E-state index is 10.7. The number of hydrogen-bond donors (Lipinski definition) is 1. The number of nitro benzene ring substituents is 1. The molecule has 0 bridgehead atoms. The molecule has 0 aliphatic rings. The number of nitro groups is 1. The maximum atomic E-state index is 10.7. The molecule has 0 fully saturated rings. The topological polar surface area (TPSA) is 63.4 Å². The average molecular weight is 241 g/mol. The Bertz CT molecular complexity index is 379. The lowest BCUT2D eigenvalue weighted by Gasteiger charge is -2.20. The van der Waals surface area contributed by atoms with E-state index in [1.807, 2.05) is 6.92 Å². The average Bonchev–Trinajstić information content (AvgIpc) is 2.27. The molecule has 0 amide bonds. The van der Waals surface area contributed by atoms with Crippen molar-refractivity contribution in [2.45, 2.75) is 30.8 Å². The monoisotopic (exact) mass is 241 g/mol. The molecular weight excluding hydrogens is 226 g/mol. The van der Waals surface area contributed by atoms with E-state index < -0.39 is 10.5 Å². The Kier molecular flexibility index (Phi) is 4.32. The minimum absolute atomic E-state index is 0.0967. The van der Waals surface area contributed by atoms with E-state index in [1.165, 1.54) is 17.8 Å². The normalized spacial score (nSPS) is 14.4. The zero-order valence-electron chi connectivity index (χ0n) is 9.34. The summed E-state index contributed by atoms with van der Waals surface area (Å²) < 4.78 is 0. The first-order valence-electron chi connectivity index (χ1n) is 5.05. The van der Waals surface area contributed by atoms with E-state index in [1.54, 1.807) is 25.1 Å². The van der Waals surface area contributed by atoms with Crippen LogP contribution in [0.15, 0.2) is 29.2 Å². The summed E-state index contributed by atoms with van der Waals surface area (Å²) in [5.41, 5.74) is -0.687. The molecule has 1 rings (SSSR count). The third kappa shape index (κ3) is 3.50. The fourth-order valence-corrected chi connectivity index (χ4v) is 2.20. The van der Waals surface area contributed by atoms with Gasteiger partial charge in [-0.2, -0.15) is 0 Å². The van der Waals surface area contributed by atoms with Crippen LogP contribution in [0, 0.1) is 10.1 Å². The van der Waals surface area contributed by atoms with Crippen molar-refractivity contribution in [2.75, 3.05) is 5.75 Å². The standard InChI is InChI=1S/C11H15NO3S/c1-3-11(2,13)8-16-10-7-5-4-6-9(10)12(14)15/h4-7,13H,3,8H2,1-2H3. The van der Waals surface area contributed by atoms with E-state index in [2.05, 4.69) is 0 Å². The van der Waals surface area contributed by atoms with Gasteiger partial charge in [0.05, 0.1) is 15.4 Å². The quantitative estimate of drug-likeness (QED) is 0.489. The minimum atomic E-state index is -0.783. The highest BCUT2D eigenvalue weighted by Crippen LogP contribution is 2.31. The zero-order valence-corrected chi connectivity index (χ0v) is 10.2. The van der Waals surface area contributed by atoms with Crippen molar-refractivity contribution in [1.29, 1.82) is 0 Å². The van der Waals surface area contributed by atoms with Gasteiger partial charge in [0.15, 0.2) is 0 Å². The van der Waals surface area contributed by atoms with Gasteiger partial charge in [0.1, 0.15) is 0 Å². The number of rotatable bonds is 5. The highest BCUT2D eigenvalue weighted by Gasteiger charge is 2.20. The van der Waals surface area contributed by atoms with Gasteiger partial charge in [0.25, 0.3) is 5.69 Å². The van der Waals surface area contributed by atoms with E-state index in [9.17, 15) is 15.2 Å². The smallest absolute Gasteiger partial charge is 0.282 e. The molecule has 0 aromatic heterocycles. The third-order valence-corrected chi connectivity index (χ3v) is 3.78. The van der Waals surface area contributed by atoms with Crippen LogP contribution in [0.5, 0.6) is 0 Å². The molecule has 16 heavy (non-hydrogen) atoms. The van der Waals surface area contributed by atoms with Crippen LogP contribution in [-0.4, -0.2) is 21.4 Å². The van der Waals surface area contributed by atoms with Gasteiger partial charge in [-0.25, -0.2) is 0 Å². The van der Waals surface area contributed by atoms with Crippen LogP contribution in [0.25, 0.3) is 0 Å². The minimum Gasteiger partial charge on any atom is -0.389 e. The van der Waals surface area contributed by atoms with Crippen LogP contribution in [0.3, 0.4) is 0 Å². The van der Waals surface area contributed by atoms with E-state index in [0.29, 0.717) is 17.1 Å². The Morgan fingerprint density at radius 1 is 1.50 bits per heavy atom. The number of para-hydroxylation sites is 1. The summed E-state index contributed by atoms with van der Waals surface area (Å²) in [5.74, 6) is 0.453. The van der Waals surface area contributed by atoms with Gasteiger partial charge in [0, 0.05) is 11.8 Å². The second-order valence-corrected chi connectivity index (χ2v) is 4.88. The van der Waals surface area contributed by atoms with Gasteiger partial charge in [-0.3, -0.25) is 10.1 Å². The van der Waals surface area contributed by atoms with Gasteiger partial charge in [0.2, 0.25) is 0 Å². The van der Waals surface area contributed by atoms with Gasteiger partial charge in [-0.05, 0) is 19.4 Å². The summed E-state index contributed by atoms with van der Waals surface area (Å²) in [6.45, 7) is 3.62. The molecule has 0 aliphatic heterocycles. The van der Waals surface area contributed by atoms with Crippen molar-refractivity contribution in [2.24, 2.45) is 0 Å². The Morgan fingerprint density at radius 2 is 2.12 bits per heavy atom. The van der Waals surface area contributed by atoms with Crippen LogP contribution >= 0.6 is 11.8 Å². The molecule has 1 atom stereocenters. The molecule has 0 saturated heterocycles. The van der Waals surface area contributed by atoms with Crippen molar-refractivity contribution in [3.8, 4) is 0 Å². The fourth-order valence-electron chi connectivity index (χ4n) is 1.07. The lowest BCUT2D eigenvalue weighted by atomic mass is 10.1. The van der Waals surface area contributed by atoms with Crippen molar-refractivity contribution in [3.63, 3.8) is 0 Å². The molecule has 0 spiro atoms. The predicted octanol–water partition coefficient (Wildman–Crippen LogP) is 2.85. The number of aliphatic hydroxyl groups is 1. The van der Waals surface area contributed by atoms with Crippen LogP contribution in [0.4, 0.5) is 5.69 Å². The molecule has 5 heteroatoms. The molecule has 0 aliphatic carbocycles. The highest BCUT2D eigenvalue weighted by atomic mass is 32.2. The summed E-state index contributed by atoms with van der Waals surface area (Å²) >= 11 is 1.32. The molecule has 1 unspecified atom stereocenters. The first-order chi connectivity index (χ1) is 7.46. The second-order valence-electron chi connectivity index (χ2n) is 3.86. The van der Waals surface area contributed by atoms with Crippen LogP contribution in [-0.2, 0) is 0 Å². The molecule has 0 saturated carbocycles. The number of nitrogens with zero attached hydrogens (tertiary/aromatic N) is 1. The highest BCUT2D eigenvalue weighted by molar-refractivity contribution is 7.99. The summed E-state index contributed by atoms with van der Waals surface area (Å²) in [6.07, 6.45) is 0.626. The van der Waals surface area contributed by atoms with Gasteiger partial charge in [-0.15, -0.1) is 11.8 Å². The Hall–Kier alpha value is -1.07. The molecule has 0 heterocycles. The van der Waals surface area contributed by atoms with Gasteiger partial charge >= 0.3 is 0 Å². The van der Waals surface area contributed by atoms with Crippen molar-refractivity contribution in [1.82, 2.24) is 0 Å². The molecule has 1 aromatic carbocycles. The first-order valence-corrected chi connectivity index (χ1v) is 6.03. The number of thioether (sulfide) groups is 1. The maximum Gasteiger partial charge on any atom is 0.282 e. The molecule has 1 aromatic rings. The van der Waals surface area contributed by atoms with Crippen LogP contribution in [0.1, 0.15) is 20.3 Å². The summed E-state index contributed by atoms with van der Waals surface area (Å²) in [6, 6.07) is 6.58. The number of hydrogen-bond acceptors (Lipinski definition) is 4. The van der Waals surface area contributed by atoms with E-state index in [4.69, 9.17) is 0 Å². The van der Waals surface area contributed by atoms with Gasteiger partial charge < -0.3 is 5.11 Å². The van der Waals surface area contributed by atoms with E-state index in [-0.39, 0.29) is 5.69 Å². The van der Waals surface area contributed by atoms with Crippen molar-refractivity contribution < 1.29 is 10.0 Å². The lowest BCUT2D eigenvalue weighted by Crippen LogP contribution is -2.25. The predicted molar refractivity (Wildman–Crippen MR) is 64.7 cm³/mol. The molecule has 88 valence electrons. The summed E-state index contributed by atoms with van der Waals surface area (Å²) in [4.78, 5) is 10.9. The molecule has 4 nitrogen and oxygen atoms in total. The Labute approximate surface area is 98.8 Å². The van der Waals surface area contributed by atoms with E-state index >= 15 is 0 Å². The van der Waals surface area contributed by atoms with Crippen molar-refractivity contribution >= 4 is 17.4 Å². The molecule has 0 radical (unpaired) electrons. The third-order valence-electron chi connectivity index (χ3n) is 2.36. The van der Waals surface area contributed by atoms with Crippen LogP contribution < -0.4 is 0 Å². The Balaban J connectivity index is 2.78. The summed E-state index contributed by atoms with van der Waals surface area (Å²) in [5, 5.41) is 20.6.